The first kappa shape index (κ1) is 15.9. The van der Waals surface area contributed by atoms with E-state index in [-0.39, 0.29) is 18.2 Å². The average molecular weight is 309 g/mol. The Morgan fingerprint density at radius 2 is 2.21 bits per heavy atom. The predicted octanol–water partition coefficient (Wildman–Crippen LogP) is 0.105. The first-order valence-corrected chi connectivity index (χ1v) is 7.60. The van der Waals surface area contributed by atoms with Crippen molar-refractivity contribution in [2.45, 2.75) is 13.0 Å². The first-order chi connectivity index (χ1) is 8.74. The summed E-state index contributed by atoms with van der Waals surface area (Å²) in [6, 6.07) is -0.547. The fourth-order valence-electron chi connectivity index (χ4n) is 1.28. The molecule has 1 N–H and O–H groups in total. The molecular weight excluding hydrogens is 292 g/mol. The molecule has 7 nitrogen and oxygen atoms in total. The van der Waals surface area contributed by atoms with Gasteiger partial charge in [-0.15, -0.1) is 0 Å². The molecule has 1 amide bonds. The Morgan fingerprint density at radius 1 is 1.58 bits per heavy atom. The zero-order valence-corrected chi connectivity index (χ0v) is 12.6. The summed E-state index contributed by atoms with van der Waals surface area (Å²) in [5, 5.41) is 6.91. The summed E-state index contributed by atoms with van der Waals surface area (Å²) in [5.74, 6) is -0.452. The second-order valence-corrected chi connectivity index (χ2v) is 6.94. The maximum atomic E-state index is 11.8. The number of carbonyl (C=O) groups is 1. The van der Waals surface area contributed by atoms with Crippen molar-refractivity contribution in [3.63, 3.8) is 0 Å². The molecule has 0 spiro atoms. The van der Waals surface area contributed by atoms with E-state index in [1.54, 1.807) is 6.92 Å². The molecule has 1 heterocycles. The Hall–Kier alpha value is -1.12. The normalized spacial score (nSPS) is 13.5. The van der Waals surface area contributed by atoms with Crippen molar-refractivity contribution in [1.82, 2.24) is 19.4 Å². The third-order valence-electron chi connectivity index (χ3n) is 2.56. The Balaban J connectivity index is 2.48. The van der Waals surface area contributed by atoms with E-state index in [1.165, 1.54) is 31.2 Å². The van der Waals surface area contributed by atoms with Crippen molar-refractivity contribution in [3.8, 4) is 0 Å². The molecule has 1 aromatic heterocycles. The molecule has 0 bridgehead atoms. The van der Waals surface area contributed by atoms with Gasteiger partial charge in [-0.05, 0) is 6.92 Å². The number of nitrogens with one attached hydrogen (secondary N) is 1. The minimum absolute atomic E-state index is 0.0543. The van der Waals surface area contributed by atoms with Crippen molar-refractivity contribution >= 4 is 27.5 Å². The molecule has 0 aliphatic carbocycles. The molecule has 108 valence electrons. The number of carbonyl (C=O) groups excluding carboxylic acids is 1. The van der Waals surface area contributed by atoms with Gasteiger partial charge in [-0.3, -0.25) is 9.48 Å². The zero-order chi connectivity index (χ0) is 14.6. The maximum Gasteiger partial charge on any atom is 0.244 e. The summed E-state index contributed by atoms with van der Waals surface area (Å²) in [5.41, 5.74) is 0. The lowest BCUT2D eigenvalue weighted by atomic mass is 10.3. The summed E-state index contributed by atoms with van der Waals surface area (Å²) in [7, 11) is -0.405. The molecule has 0 aromatic carbocycles. The first-order valence-electron chi connectivity index (χ1n) is 5.61. The van der Waals surface area contributed by atoms with Gasteiger partial charge < -0.3 is 5.32 Å². The highest BCUT2D eigenvalue weighted by Crippen LogP contribution is 2.10. The summed E-state index contributed by atoms with van der Waals surface area (Å²) in [4.78, 5) is 11.8. The lowest BCUT2D eigenvalue weighted by Crippen LogP contribution is -2.37. The third-order valence-corrected chi connectivity index (χ3v) is 4.59. The van der Waals surface area contributed by atoms with Crippen LogP contribution in [0.2, 0.25) is 5.02 Å². The summed E-state index contributed by atoms with van der Waals surface area (Å²) in [6.45, 7) is 1.71. The summed E-state index contributed by atoms with van der Waals surface area (Å²) >= 11 is 5.71. The minimum atomic E-state index is -3.31. The quantitative estimate of drug-likeness (QED) is 0.808. The van der Waals surface area contributed by atoms with Gasteiger partial charge in [-0.25, -0.2) is 12.7 Å². The number of rotatable bonds is 6. The van der Waals surface area contributed by atoms with Crippen LogP contribution in [-0.4, -0.2) is 54.8 Å². The van der Waals surface area contributed by atoms with Crippen LogP contribution in [0.15, 0.2) is 12.4 Å². The van der Waals surface area contributed by atoms with Gasteiger partial charge in [-0.2, -0.15) is 5.10 Å². The lowest BCUT2D eigenvalue weighted by molar-refractivity contribution is -0.124. The highest BCUT2D eigenvalue weighted by Gasteiger charge is 2.18. The third kappa shape index (κ3) is 4.48. The standard InChI is InChI=1S/C10H17ClN4O3S/c1-8(15-7-9(11)6-13-15)10(16)12-4-5-19(17,18)14(2)3/h6-8H,4-5H2,1-3H3,(H,12,16)/t8-/m1/s1. The molecule has 0 radical (unpaired) electrons. The molecule has 0 saturated carbocycles. The van der Waals surface area contributed by atoms with Crippen LogP contribution in [0, 0.1) is 0 Å². The van der Waals surface area contributed by atoms with E-state index in [1.807, 2.05) is 0 Å². The SMILES string of the molecule is C[C@H](C(=O)NCCS(=O)(=O)N(C)C)n1cc(Cl)cn1. The second-order valence-electron chi connectivity index (χ2n) is 4.20. The summed E-state index contributed by atoms with van der Waals surface area (Å²) < 4.78 is 25.5. The fourth-order valence-corrected chi connectivity index (χ4v) is 2.15. The van der Waals surface area contributed by atoms with Gasteiger partial charge in [0.05, 0.1) is 17.0 Å². The Bertz CT molecular complexity index is 541. The average Bonchev–Trinajstić information content (AvgIpc) is 2.74. The summed E-state index contributed by atoms with van der Waals surface area (Å²) in [6.07, 6.45) is 2.96. The van der Waals surface area contributed by atoms with Gasteiger partial charge in [0.1, 0.15) is 6.04 Å². The molecule has 0 aliphatic rings. The number of aromatic nitrogens is 2. The van der Waals surface area contributed by atoms with Crippen LogP contribution >= 0.6 is 11.6 Å². The molecule has 0 aliphatic heterocycles. The largest absolute Gasteiger partial charge is 0.353 e. The van der Waals surface area contributed by atoms with Crippen molar-refractivity contribution in [3.05, 3.63) is 17.4 Å². The van der Waals surface area contributed by atoms with E-state index < -0.39 is 16.1 Å². The number of hydrogen-bond acceptors (Lipinski definition) is 4. The van der Waals surface area contributed by atoms with Gasteiger partial charge in [0, 0.05) is 26.8 Å². The number of amides is 1. The van der Waals surface area contributed by atoms with Crippen molar-refractivity contribution in [2.75, 3.05) is 26.4 Å². The number of hydrogen-bond donors (Lipinski definition) is 1. The molecule has 19 heavy (non-hydrogen) atoms. The fraction of sp³-hybridized carbons (Fsp3) is 0.600. The molecule has 0 unspecified atom stereocenters. The highest BCUT2D eigenvalue weighted by molar-refractivity contribution is 7.89. The van der Waals surface area contributed by atoms with E-state index in [4.69, 9.17) is 11.6 Å². The monoisotopic (exact) mass is 308 g/mol. The molecule has 9 heteroatoms. The van der Waals surface area contributed by atoms with Gasteiger partial charge in [-0.1, -0.05) is 11.6 Å². The molecule has 0 saturated heterocycles. The van der Waals surface area contributed by atoms with Crippen molar-refractivity contribution < 1.29 is 13.2 Å². The lowest BCUT2D eigenvalue weighted by Gasteiger charge is -2.14. The van der Waals surface area contributed by atoms with Gasteiger partial charge in [0.15, 0.2) is 0 Å². The Labute approximate surface area is 117 Å². The topological polar surface area (TPSA) is 84.3 Å². The molecule has 1 rings (SSSR count). The van der Waals surface area contributed by atoms with Crippen LogP contribution in [0.5, 0.6) is 0 Å². The number of sulfonamides is 1. The van der Waals surface area contributed by atoms with Crippen molar-refractivity contribution in [2.24, 2.45) is 0 Å². The molecule has 0 fully saturated rings. The number of nitrogens with zero attached hydrogens (tertiary/aromatic N) is 3. The minimum Gasteiger partial charge on any atom is -0.353 e. The van der Waals surface area contributed by atoms with Crippen LogP contribution in [0.3, 0.4) is 0 Å². The van der Waals surface area contributed by atoms with Gasteiger partial charge in [0.2, 0.25) is 15.9 Å². The van der Waals surface area contributed by atoms with Crippen LogP contribution < -0.4 is 5.32 Å². The maximum absolute atomic E-state index is 11.8. The van der Waals surface area contributed by atoms with E-state index in [9.17, 15) is 13.2 Å². The zero-order valence-electron chi connectivity index (χ0n) is 11.0. The molecule has 1 aromatic rings. The van der Waals surface area contributed by atoms with Crippen LogP contribution in [0.1, 0.15) is 13.0 Å². The van der Waals surface area contributed by atoms with Crippen LogP contribution in [-0.2, 0) is 14.8 Å². The van der Waals surface area contributed by atoms with Crippen molar-refractivity contribution in [1.29, 1.82) is 0 Å². The van der Waals surface area contributed by atoms with Crippen LogP contribution in [0.25, 0.3) is 0 Å². The van der Waals surface area contributed by atoms with E-state index in [0.29, 0.717) is 5.02 Å². The molecular formula is C10H17ClN4O3S. The highest BCUT2D eigenvalue weighted by atomic mass is 35.5. The number of halogens is 1. The second kappa shape index (κ2) is 6.36. The Kier molecular flexibility index (Phi) is 5.33. The smallest absolute Gasteiger partial charge is 0.244 e. The Morgan fingerprint density at radius 3 is 2.68 bits per heavy atom. The van der Waals surface area contributed by atoms with E-state index in [0.717, 1.165) is 4.31 Å². The van der Waals surface area contributed by atoms with Gasteiger partial charge in [0.25, 0.3) is 0 Å². The predicted molar refractivity (Wildman–Crippen MR) is 72.4 cm³/mol. The van der Waals surface area contributed by atoms with E-state index >= 15 is 0 Å². The molecule has 1 atom stereocenters. The van der Waals surface area contributed by atoms with Gasteiger partial charge >= 0.3 is 0 Å². The van der Waals surface area contributed by atoms with E-state index in [2.05, 4.69) is 10.4 Å². The van der Waals surface area contributed by atoms with Crippen LogP contribution in [0.4, 0.5) is 0 Å².